The Morgan fingerprint density at radius 2 is 1.66 bits per heavy atom. The number of carbonyl (C=O) groups is 2. The minimum atomic E-state index is -3.77. The van der Waals surface area contributed by atoms with Crippen LogP contribution in [0.15, 0.2) is 47.4 Å². The molecule has 0 spiro atoms. The minimum Gasteiger partial charge on any atom is -0.454 e. The van der Waals surface area contributed by atoms with E-state index in [0.717, 1.165) is 38.1 Å². The Labute approximate surface area is 187 Å². The van der Waals surface area contributed by atoms with Crippen molar-refractivity contribution in [2.75, 3.05) is 37.7 Å². The molecule has 0 atom stereocenters. The van der Waals surface area contributed by atoms with Crippen LogP contribution in [0.4, 0.5) is 10.1 Å². The molecular weight excluding hydrogens is 435 g/mol. The summed E-state index contributed by atoms with van der Waals surface area (Å²) in [5.41, 5.74) is 0.907. The van der Waals surface area contributed by atoms with Gasteiger partial charge < -0.3 is 9.64 Å². The first-order valence-corrected chi connectivity index (χ1v) is 12.1. The minimum absolute atomic E-state index is 0.000887. The van der Waals surface area contributed by atoms with Gasteiger partial charge in [-0.3, -0.25) is 4.79 Å². The Morgan fingerprint density at radius 1 is 1.03 bits per heavy atom. The Morgan fingerprint density at radius 3 is 2.25 bits per heavy atom. The van der Waals surface area contributed by atoms with Gasteiger partial charge in [-0.1, -0.05) is 13.8 Å². The first-order chi connectivity index (χ1) is 15.3. The van der Waals surface area contributed by atoms with Gasteiger partial charge in [0.25, 0.3) is 0 Å². The third kappa shape index (κ3) is 5.16. The van der Waals surface area contributed by atoms with E-state index in [-0.39, 0.29) is 16.0 Å². The summed E-state index contributed by atoms with van der Waals surface area (Å²) < 4.78 is 45.5. The second-order valence-corrected chi connectivity index (χ2v) is 9.41. The fourth-order valence-electron chi connectivity index (χ4n) is 3.71. The molecule has 1 heterocycles. The molecule has 0 aliphatic carbocycles. The summed E-state index contributed by atoms with van der Waals surface area (Å²) in [6.45, 7) is 5.06. The zero-order valence-corrected chi connectivity index (χ0v) is 19.0. The summed E-state index contributed by atoms with van der Waals surface area (Å²) in [6.07, 6.45) is 1.94. The van der Waals surface area contributed by atoms with E-state index in [2.05, 4.69) is 0 Å². The monoisotopic (exact) mass is 462 g/mol. The highest BCUT2D eigenvalue weighted by atomic mass is 32.2. The maximum Gasteiger partial charge on any atom is 0.340 e. The number of ether oxygens (including phenoxy) is 1. The van der Waals surface area contributed by atoms with E-state index >= 15 is 0 Å². The van der Waals surface area contributed by atoms with Gasteiger partial charge in [0.2, 0.25) is 10.0 Å². The van der Waals surface area contributed by atoms with Crippen LogP contribution in [-0.2, 0) is 14.8 Å². The van der Waals surface area contributed by atoms with Gasteiger partial charge in [-0.05, 0) is 55.3 Å². The molecule has 1 aliphatic rings. The van der Waals surface area contributed by atoms with Gasteiger partial charge in [0.05, 0.1) is 16.1 Å². The first-order valence-electron chi connectivity index (χ1n) is 10.6. The molecule has 1 aliphatic heterocycles. The molecule has 0 unspecified atom stereocenters. The molecule has 0 bridgehead atoms. The number of esters is 1. The van der Waals surface area contributed by atoms with Crippen molar-refractivity contribution in [3.8, 4) is 0 Å². The summed E-state index contributed by atoms with van der Waals surface area (Å²) in [5, 5.41) is 0. The molecule has 7 nitrogen and oxygen atoms in total. The topological polar surface area (TPSA) is 84.0 Å². The lowest BCUT2D eigenvalue weighted by atomic mass is 10.1. The Balaban J connectivity index is 1.88. The molecule has 1 saturated heterocycles. The molecule has 0 aromatic heterocycles. The molecule has 32 heavy (non-hydrogen) atoms. The number of carbonyl (C=O) groups excluding carboxylic acids is 2. The van der Waals surface area contributed by atoms with Crippen molar-refractivity contribution in [2.24, 2.45) is 0 Å². The molecule has 172 valence electrons. The van der Waals surface area contributed by atoms with Gasteiger partial charge in [-0.2, -0.15) is 4.31 Å². The van der Waals surface area contributed by atoms with Crippen molar-refractivity contribution in [3.63, 3.8) is 0 Å². The zero-order chi connectivity index (χ0) is 23.3. The second kappa shape index (κ2) is 10.2. The number of benzene rings is 2. The lowest BCUT2D eigenvalue weighted by Gasteiger charge is -2.23. The number of ketones is 1. The number of sulfonamides is 1. The van der Waals surface area contributed by atoms with Crippen LogP contribution in [0.3, 0.4) is 0 Å². The summed E-state index contributed by atoms with van der Waals surface area (Å²) >= 11 is 0. The number of hydrogen-bond acceptors (Lipinski definition) is 6. The highest BCUT2D eigenvalue weighted by Gasteiger charge is 2.27. The fourth-order valence-corrected chi connectivity index (χ4v) is 5.20. The van der Waals surface area contributed by atoms with Gasteiger partial charge in [-0.15, -0.1) is 0 Å². The normalized spacial score (nSPS) is 14.1. The standard InChI is InChI=1S/C23H27FN2O5S/c1-3-26(4-2)32(29,30)19-11-12-21(25-13-5-6-14-25)20(15-19)23(28)31-16-22(27)17-7-9-18(24)10-8-17/h7-12,15H,3-6,13-14,16H2,1-2H3. The van der Waals surface area contributed by atoms with Crippen molar-refractivity contribution in [1.29, 1.82) is 0 Å². The molecule has 0 amide bonds. The van der Waals surface area contributed by atoms with Crippen LogP contribution in [0, 0.1) is 5.82 Å². The van der Waals surface area contributed by atoms with Gasteiger partial charge in [0, 0.05) is 31.7 Å². The zero-order valence-electron chi connectivity index (χ0n) is 18.2. The largest absolute Gasteiger partial charge is 0.454 e. The summed E-state index contributed by atoms with van der Waals surface area (Å²) in [6, 6.07) is 9.40. The van der Waals surface area contributed by atoms with Crippen molar-refractivity contribution in [3.05, 3.63) is 59.4 Å². The average molecular weight is 463 g/mol. The lowest BCUT2D eigenvalue weighted by Crippen LogP contribution is -2.31. The van der Waals surface area contributed by atoms with Crippen LogP contribution in [-0.4, -0.2) is 57.3 Å². The van der Waals surface area contributed by atoms with E-state index in [0.29, 0.717) is 18.8 Å². The van der Waals surface area contributed by atoms with Crippen molar-refractivity contribution in [2.45, 2.75) is 31.6 Å². The van der Waals surface area contributed by atoms with E-state index in [1.165, 1.54) is 28.6 Å². The third-order valence-corrected chi connectivity index (χ3v) is 7.52. The third-order valence-electron chi connectivity index (χ3n) is 5.48. The highest BCUT2D eigenvalue weighted by Crippen LogP contribution is 2.29. The van der Waals surface area contributed by atoms with Crippen LogP contribution in [0.1, 0.15) is 47.4 Å². The maximum absolute atomic E-state index is 13.1. The Bertz CT molecular complexity index is 1080. The average Bonchev–Trinajstić information content (AvgIpc) is 3.32. The SMILES string of the molecule is CCN(CC)S(=O)(=O)c1ccc(N2CCCC2)c(C(=O)OCC(=O)c2ccc(F)cc2)c1. The first kappa shape index (κ1) is 23.9. The van der Waals surface area contributed by atoms with Gasteiger partial charge in [-0.25, -0.2) is 17.6 Å². The second-order valence-electron chi connectivity index (χ2n) is 7.47. The fraction of sp³-hybridized carbons (Fsp3) is 0.391. The molecule has 9 heteroatoms. The Hall–Kier alpha value is -2.78. The number of rotatable bonds is 9. The smallest absolute Gasteiger partial charge is 0.340 e. The van der Waals surface area contributed by atoms with Crippen LogP contribution in [0.25, 0.3) is 0 Å². The number of nitrogens with zero attached hydrogens (tertiary/aromatic N) is 2. The van der Waals surface area contributed by atoms with Gasteiger partial charge in [0.15, 0.2) is 12.4 Å². The van der Waals surface area contributed by atoms with Crippen LogP contribution < -0.4 is 4.90 Å². The number of halogens is 1. The molecule has 0 N–H and O–H groups in total. The predicted octanol–water partition coefficient (Wildman–Crippen LogP) is 3.50. The highest BCUT2D eigenvalue weighted by molar-refractivity contribution is 7.89. The quantitative estimate of drug-likeness (QED) is 0.419. The van der Waals surface area contributed by atoms with Crippen molar-refractivity contribution >= 4 is 27.5 Å². The molecule has 2 aromatic rings. The van der Waals surface area contributed by atoms with E-state index in [1.54, 1.807) is 19.9 Å². The molecule has 0 saturated carbocycles. The van der Waals surface area contributed by atoms with E-state index in [4.69, 9.17) is 4.74 Å². The number of anilines is 1. The molecule has 2 aromatic carbocycles. The lowest BCUT2D eigenvalue weighted by molar-refractivity contribution is 0.0475. The molecule has 3 rings (SSSR count). The molecule has 0 radical (unpaired) electrons. The van der Waals surface area contributed by atoms with Gasteiger partial charge >= 0.3 is 5.97 Å². The van der Waals surface area contributed by atoms with Crippen LogP contribution in [0.2, 0.25) is 0 Å². The van der Waals surface area contributed by atoms with Gasteiger partial charge in [0.1, 0.15) is 5.82 Å². The Kier molecular flexibility index (Phi) is 7.63. The summed E-state index contributed by atoms with van der Waals surface area (Å²) in [4.78, 5) is 27.3. The maximum atomic E-state index is 13.1. The van der Waals surface area contributed by atoms with E-state index in [9.17, 15) is 22.4 Å². The van der Waals surface area contributed by atoms with Crippen LogP contribution >= 0.6 is 0 Å². The number of Topliss-reactive ketones (excluding diaryl/α,β-unsaturated/α-hetero) is 1. The van der Waals surface area contributed by atoms with Crippen molar-refractivity contribution in [1.82, 2.24) is 4.31 Å². The molecular formula is C23H27FN2O5S. The molecule has 1 fully saturated rings. The summed E-state index contributed by atoms with van der Waals surface area (Å²) in [7, 11) is -3.77. The summed E-state index contributed by atoms with van der Waals surface area (Å²) in [5.74, 6) is -1.73. The number of hydrogen-bond donors (Lipinski definition) is 0. The van der Waals surface area contributed by atoms with Crippen LogP contribution in [0.5, 0.6) is 0 Å². The van der Waals surface area contributed by atoms with E-state index in [1.807, 2.05) is 4.90 Å². The van der Waals surface area contributed by atoms with Crippen molar-refractivity contribution < 1.29 is 27.1 Å². The predicted molar refractivity (Wildman–Crippen MR) is 119 cm³/mol. The van der Waals surface area contributed by atoms with E-state index < -0.39 is 34.2 Å².